The standard InChI is InChI=1S/C15H20N4O2.C9H10.C2H6/c20-11-16-7-10-18-8-5-12(6-9-18)19-14-4-2-1-3-13(14)17-15(19)21;1-2-4-8(5-3-1)9-6-7-9;1-2/h1-4,11-12H,5-10H2,(H,16,20)(H,17,21);1-5,9H,6-7H2;1-2H3. The van der Waals surface area contributed by atoms with Crippen LogP contribution < -0.4 is 11.0 Å². The predicted molar refractivity (Wildman–Crippen MR) is 131 cm³/mol. The summed E-state index contributed by atoms with van der Waals surface area (Å²) in [5.41, 5.74) is 3.40. The molecule has 1 aromatic heterocycles. The van der Waals surface area contributed by atoms with Crippen molar-refractivity contribution in [2.45, 2.75) is 51.5 Å². The van der Waals surface area contributed by atoms with E-state index in [-0.39, 0.29) is 11.7 Å². The summed E-state index contributed by atoms with van der Waals surface area (Å²) in [6.45, 7) is 7.46. The molecule has 1 aliphatic carbocycles. The lowest BCUT2D eigenvalue weighted by Crippen LogP contribution is -2.40. The summed E-state index contributed by atoms with van der Waals surface area (Å²) >= 11 is 0. The molecule has 0 unspecified atom stereocenters. The van der Waals surface area contributed by atoms with Crippen LogP contribution in [0.4, 0.5) is 0 Å². The summed E-state index contributed by atoms with van der Waals surface area (Å²) in [4.78, 5) is 27.7. The number of nitrogens with zero attached hydrogens (tertiary/aromatic N) is 2. The van der Waals surface area contributed by atoms with E-state index in [9.17, 15) is 9.59 Å². The number of amides is 1. The first-order valence-electron chi connectivity index (χ1n) is 11.9. The minimum Gasteiger partial charge on any atom is -0.357 e. The van der Waals surface area contributed by atoms with E-state index in [1.54, 1.807) is 0 Å². The second-order valence-electron chi connectivity index (χ2n) is 8.15. The van der Waals surface area contributed by atoms with Crippen molar-refractivity contribution in [3.05, 3.63) is 70.6 Å². The second-order valence-corrected chi connectivity index (χ2v) is 8.15. The summed E-state index contributed by atoms with van der Waals surface area (Å²) in [5.74, 6) is 0.909. The zero-order chi connectivity index (χ0) is 22.8. The maximum absolute atomic E-state index is 12.2. The molecule has 2 heterocycles. The van der Waals surface area contributed by atoms with Crippen molar-refractivity contribution in [2.75, 3.05) is 26.2 Å². The molecular formula is C26H36N4O2. The van der Waals surface area contributed by atoms with E-state index < -0.39 is 0 Å². The number of likely N-dealkylation sites (tertiary alicyclic amines) is 1. The molecule has 1 saturated heterocycles. The smallest absolute Gasteiger partial charge is 0.326 e. The van der Waals surface area contributed by atoms with Gasteiger partial charge in [-0.15, -0.1) is 0 Å². The van der Waals surface area contributed by atoms with E-state index in [1.807, 2.05) is 42.7 Å². The molecular weight excluding hydrogens is 400 g/mol. The number of aromatic nitrogens is 2. The first-order chi connectivity index (χ1) is 15.8. The summed E-state index contributed by atoms with van der Waals surface area (Å²) in [6, 6.07) is 18.8. The van der Waals surface area contributed by atoms with E-state index in [0.717, 1.165) is 55.8 Å². The minimum atomic E-state index is -0.0164. The predicted octanol–water partition coefficient (Wildman–Crippen LogP) is 4.30. The monoisotopic (exact) mass is 436 g/mol. The van der Waals surface area contributed by atoms with Crippen molar-refractivity contribution in [3.8, 4) is 0 Å². The Hall–Kier alpha value is -2.86. The third-order valence-electron chi connectivity index (χ3n) is 6.05. The van der Waals surface area contributed by atoms with Crippen molar-refractivity contribution < 1.29 is 4.79 Å². The van der Waals surface area contributed by atoms with E-state index in [4.69, 9.17) is 0 Å². The van der Waals surface area contributed by atoms with Gasteiger partial charge in [-0.1, -0.05) is 56.3 Å². The van der Waals surface area contributed by atoms with Crippen LogP contribution in [0.5, 0.6) is 0 Å². The number of fused-ring (bicyclic) bond motifs is 1. The van der Waals surface area contributed by atoms with Crippen LogP contribution in [-0.4, -0.2) is 47.0 Å². The molecule has 2 aliphatic rings. The van der Waals surface area contributed by atoms with Crippen LogP contribution in [0.1, 0.15) is 57.1 Å². The van der Waals surface area contributed by atoms with Gasteiger partial charge in [-0.25, -0.2) is 4.79 Å². The fourth-order valence-electron chi connectivity index (χ4n) is 4.26. The number of rotatable bonds is 6. The summed E-state index contributed by atoms with van der Waals surface area (Å²) < 4.78 is 1.90. The molecule has 2 aromatic carbocycles. The van der Waals surface area contributed by atoms with Gasteiger partial charge in [-0.2, -0.15) is 0 Å². The number of carbonyl (C=O) groups excluding carboxylic acids is 1. The van der Waals surface area contributed by atoms with E-state index in [1.165, 1.54) is 18.4 Å². The van der Waals surface area contributed by atoms with Crippen molar-refractivity contribution >= 4 is 17.4 Å². The summed E-state index contributed by atoms with van der Waals surface area (Å²) in [7, 11) is 0. The van der Waals surface area contributed by atoms with Gasteiger partial charge in [-0.05, 0) is 49.3 Å². The van der Waals surface area contributed by atoms with Crippen LogP contribution in [0.3, 0.4) is 0 Å². The lowest BCUT2D eigenvalue weighted by atomic mass is 10.0. The Kier molecular flexibility index (Phi) is 9.11. The highest BCUT2D eigenvalue weighted by Crippen LogP contribution is 2.39. The Morgan fingerprint density at radius 3 is 2.28 bits per heavy atom. The fraction of sp³-hybridized carbons (Fsp3) is 0.462. The van der Waals surface area contributed by atoms with Gasteiger partial charge in [0.25, 0.3) is 0 Å². The largest absolute Gasteiger partial charge is 0.357 e. The molecule has 6 heteroatoms. The van der Waals surface area contributed by atoms with Crippen molar-refractivity contribution in [2.24, 2.45) is 0 Å². The normalized spacial score (nSPS) is 16.4. The van der Waals surface area contributed by atoms with Crippen LogP contribution >= 0.6 is 0 Å². The molecule has 1 amide bonds. The molecule has 3 aromatic rings. The molecule has 172 valence electrons. The molecule has 1 saturated carbocycles. The zero-order valence-electron chi connectivity index (χ0n) is 19.3. The number of hydrogen-bond donors (Lipinski definition) is 2. The number of hydrogen-bond acceptors (Lipinski definition) is 3. The highest BCUT2D eigenvalue weighted by Gasteiger charge is 2.23. The van der Waals surface area contributed by atoms with Gasteiger partial charge in [-0.3, -0.25) is 9.36 Å². The lowest BCUT2D eigenvalue weighted by Gasteiger charge is -2.32. The minimum absolute atomic E-state index is 0.0164. The van der Waals surface area contributed by atoms with Gasteiger partial charge in [0.2, 0.25) is 6.41 Å². The molecule has 0 spiro atoms. The molecule has 2 fully saturated rings. The van der Waals surface area contributed by atoms with Gasteiger partial charge >= 0.3 is 5.69 Å². The van der Waals surface area contributed by atoms with Gasteiger partial charge in [0, 0.05) is 32.2 Å². The molecule has 5 rings (SSSR count). The highest BCUT2D eigenvalue weighted by molar-refractivity contribution is 5.75. The average molecular weight is 437 g/mol. The molecule has 0 atom stereocenters. The lowest BCUT2D eigenvalue weighted by molar-refractivity contribution is -0.109. The average Bonchev–Trinajstić information content (AvgIpc) is 3.64. The molecule has 0 bridgehead atoms. The Labute approximate surface area is 190 Å². The van der Waals surface area contributed by atoms with Gasteiger partial charge < -0.3 is 15.2 Å². The maximum atomic E-state index is 12.2. The molecule has 0 radical (unpaired) electrons. The third-order valence-corrected chi connectivity index (χ3v) is 6.05. The number of aromatic amines is 1. The number of benzene rings is 2. The number of imidazole rings is 1. The van der Waals surface area contributed by atoms with E-state index >= 15 is 0 Å². The van der Waals surface area contributed by atoms with Crippen molar-refractivity contribution in [1.29, 1.82) is 0 Å². The summed E-state index contributed by atoms with van der Waals surface area (Å²) in [5, 5.41) is 2.69. The number of carbonyl (C=O) groups is 1. The van der Waals surface area contributed by atoms with E-state index in [0.29, 0.717) is 6.54 Å². The van der Waals surface area contributed by atoms with E-state index in [2.05, 4.69) is 45.5 Å². The molecule has 2 N–H and O–H groups in total. The first kappa shape index (κ1) is 23.8. The van der Waals surface area contributed by atoms with Crippen LogP contribution in [-0.2, 0) is 4.79 Å². The third kappa shape index (κ3) is 6.33. The molecule has 6 nitrogen and oxygen atoms in total. The number of nitrogens with one attached hydrogen (secondary N) is 2. The van der Waals surface area contributed by atoms with Gasteiger partial charge in [0.15, 0.2) is 0 Å². The number of H-pyrrole nitrogens is 1. The van der Waals surface area contributed by atoms with Crippen molar-refractivity contribution in [3.63, 3.8) is 0 Å². The fourth-order valence-corrected chi connectivity index (χ4v) is 4.26. The number of para-hydroxylation sites is 2. The van der Waals surface area contributed by atoms with Crippen LogP contribution in [0, 0.1) is 0 Å². The molecule has 1 aliphatic heterocycles. The van der Waals surface area contributed by atoms with Crippen LogP contribution in [0.2, 0.25) is 0 Å². The topological polar surface area (TPSA) is 70.1 Å². The quantitative estimate of drug-likeness (QED) is 0.447. The summed E-state index contributed by atoms with van der Waals surface area (Å²) in [6.07, 6.45) is 5.47. The Balaban J connectivity index is 0.000000218. The first-order valence-corrected chi connectivity index (χ1v) is 11.9. The van der Waals surface area contributed by atoms with Gasteiger partial charge in [0.1, 0.15) is 0 Å². The Morgan fingerprint density at radius 1 is 0.969 bits per heavy atom. The molecule has 32 heavy (non-hydrogen) atoms. The second kappa shape index (κ2) is 12.2. The Bertz CT molecular complexity index is 999. The van der Waals surface area contributed by atoms with Crippen LogP contribution in [0.25, 0.3) is 11.0 Å². The number of piperidine rings is 1. The maximum Gasteiger partial charge on any atom is 0.326 e. The highest BCUT2D eigenvalue weighted by atomic mass is 16.1. The van der Waals surface area contributed by atoms with Crippen molar-refractivity contribution in [1.82, 2.24) is 19.8 Å². The van der Waals surface area contributed by atoms with Crippen LogP contribution in [0.15, 0.2) is 59.4 Å². The SMILES string of the molecule is CC.O=CNCCN1CCC(n2c(=O)[nH]c3ccccc32)CC1.c1ccc(C2CC2)cc1. The Morgan fingerprint density at radius 2 is 1.62 bits per heavy atom. The van der Waals surface area contributed by atoms with Gasteiger partial charge in [0.05, 0.1) is 11.0 Å². The zero-order valence-corrected chi connectivity index (χ0v) is 19.3.